The number of hydrogen-bond acceptors (Lipinski definition) is 4. The Morgan fingerprint density at radius 3 is 2.56 bits per heavy atom. The summed E-state index contributed by atoms with van der Waals surface area (Å²) in [4.78, 5) is 14.0. The SMILES string of the molecule is COc1ccc(N(C)C2=C(C)C(=O)CC2)cc1O[C@@H]1C[C@H]2CC[C@@H]1C2. The first-order chi connectivity index (χ1) is 12.1. The van der Waals surface area contributed by atoms with Gasteiger partial charge < -0.3 is 14.4 Å². The first-order valence-electron chi connectivity index (χ1n) is 9.38. The Kier molecular flexibility index (Phi) is 4.22. The number of benzene rings is 1. The van der Waals surface area contributed by atoms with Crippen LogP contribution >= 0.6 is 0 Å². The number of carbonyl (C=O) groups is 1. The van der Waals surface area contributed by atoms with Crippen LogP contribution in [0.1, 0.15) is 45.4 Å². The monoisotopic (exact) mass is 341 g/mol. The van der Waals surface area contributed by atoms with Crippen molar-refractivity contribution >= 4 is 11.5 Å². The number of hydrogen-bond donors (Lipinski definition) is 0. The number of methoxy groups -OCH3 is 1. The summed E-state index contributed by atoms with van der Waals surface area (Å²) < 4.78 is 11.9. The van der Waals surface area contributed by atoms with Gasteiger partial charge in [0, 0.05) is 36.5 Å². The van der Waals surface area contributed by atoms with Crippen LogP contribution in [-0.4, -0.2) is 26.0 Å². The van der Waals surface area contributed by atoms with Crippen LogP contribution < -0.4 is 14.4 Å². The highest BCUT2D eigenvalue weighted by Crippen LogP contribution is 2.47. The van der Waals surface area contributed by atoms with Crippen LogP contribution in [0, 0.1) is 11.8 Å². The number of Topliss-reactive ketones (excluding diaryl/α,β-unsaturated/α-hetero) is 1. The molecule has 0 aromatic heterocycles. The maximum Gasteiger partial charge on any atom is 0.163 e. The van der Waals surface area contributed by atoms with Crippen LogP contribution in [0.5, 0.6) is 11.5 Å². The van der Waals surface area contributed by atoms with Crippen molar-refractivity contribution in [3.63, 3.8) is 0 Å². The van der Waals surface area contributed by atoms with E-state index in [-0.39, 0.29) is 5.78 Å². The Morgan fingerprint density at radius 2 is 1.96 bits per heavy atom. The van der Waals surface area contributed by atoms with Crippen molar-refractivity contribution in [1.29, 1.82) is 0 Å². The van der Waals surface area contributed by atoms with Gasteiger partial charge in [-0.15, -0.1) is 0 Å². The number of allylic oxidation sites excluding steroid dienone is 2. The summed E-state index contributed by atoms with van der Waals surface area (Å²) in [7, 11) is 3.72. The Hall–Kier alpha value is -1.97. The molecule has 0 N–H and O–H groups in total. The summed E-state index contributed by atoms with van der Waals surface area (Å²) in [5, 5.41) is 0. The number of nitrogens with zero attached hydrogens (tertiary/aromatic N) is 1. The van der Waals surface area contributed by atoms with Crippen LogP contribution in [0.2, 0.25) is 0 Å². The van der Waals surface area contributed by atoms with Gasteiger partial charge in [0.25, 0.3) is 0 Å². The average Bonchev–Trinajstić information content (AvgIpc) is 3.32. The summed E-state index contributed by atoms with van der Waals surface area (Å²) in [5.74, 6) is 3.42. The lowest BCUT2D eigenvalue weighted by molar-refractivity contribution is -0.114. The molecule has 4 nitrogen and oxygen atoms in total. The Balaban J connectivity index is 1.59. The Morgan fingerprint density at radius 1 is 1.12 bits per heavy atom. The molecule has 4 rings (SSSR count). The molecule has 0 saturated heterocycles. The zero-order valence-electron chi connectivity index (χ0n) is 15.4. The van der Waals surface area contributed by atoms with Crippen molar-refractivity contribution in [3.8, 4) is 11.5 Å². The molecule has 1 aromatic carbocycles. The molecule has 2 fully saturated rings. The number of ether oxygens (including phenoxy) is 2. The molecule has 0 amide bonds. The second-order valence-electron chi connectivity index (χ2n) is 7.72. The van der Waals surface area contributed by atoms with Crippen LogP contribution in [0.25, 0.3) is 0 Å². The molecule has 134 valence electrons. The number of carbonyl (C=O) groups excluding carboxylic acids is 1. The lowest BCUT2D eigenvalue weighted by Crippen LogP contribution is -2.24. The van der Waals surface area contributed by atoms with Crippen molar-refractivity contribution in [1.82, 2.24) is 0 Å². The van der Waals surface area contributed by atoms with Crippen molar-refractivity contribution in [2.75, 3.05) is 19.1 Å². The normalized spacial score (nSPS) is 28.0. The zero-order chi connectivity index (χ0) is 17.6. The van der Waals surface area contributed by atoms with E-state index in [1.54, 1.807) is 7.11 Å². The molecule has 2 bridgehead atoms. The van der Waals surface area contributed by atoms with Gasteiger partial charge in [-0.25, -0.2) is 0 Å². The van der Waals surface area contributed by atoms with Gasteiger partial charge in [0.15, 0.2) is 17.3 Å². The highest BCUT2D eigenvalue weighted by Gasteiger charge is 2.41. The third-order valence-electron chi connectivity index (χ3n) is 6.33. The molecule has 3 aliphatic rings. The molecule has 0 heterocycles. The van der Waals surface area contributed by atoms with Gasteiger partial charge in [-0.3, -0.25) is 4.79 Å². The van der Waals surface area contributed by atoms with Gasteiger partial charge in [0.05, 0.1) is 7.11 Å². The van der Waals surface area contributed by atoms with Crippen molar-refractivity contribution in [3.05, 3.63) is 29.5 Å². The predicted molar refractivity (Wildman–Crippen MR) is 98.2 cm³/mol. The van der Waals surface area contributed by atoms with Gasteiger partial charge >= 0.3 is 0 Å². The van der Waals surface area contributed by atoms with Crippen LogP contribution in [0.4, 0.5) is 5.69 Å². The quantitative estimate of drug-likeness (QED) is 0.799. The van der Waals surface area contributed by atoms with Gasteiger partial charge in [-0.1, -0.05) is 0 Å². The third kappa shape index (κ3) is 2.92. The van der Waals surface area contributed by atoms with Crippen molar-refractivity contribution in [2.24, 2.45) is 11.8 Å². The maximum atomic E-state index is 11.9. The third-order valence-corrected chi connectivity index (χ3v) is 6.33. The minimum absolute atomic E-state index is 0.258. The molecule has 2 saturated carbocycles. The first-order valence-corrected chi connectivity index (χ1v) is 9.38. The summed E-state index contributed by atoms with van der Waals surface area (Å²) in [6.45, 7) is 1.93. The lowest BCUT2D eigenvalue weighted by Gasteiger charge is -2.26. The Labute approximate surface area is 149 Å². The van der Waals surface area contributed by atoms with Crippen LogP contribution in [-0.2, 0) is 4.79 Å². The molecule has 1 aromatic rings. The Bertz CT molecular complexity index is 724. The second-order valence-corrected chi connectivity index (χ2v) is 7.72. The molecule has 3 atom stereocenters. The molecule has 3 aliphatic carbocycles. The minimum Gasteiger partial charge on any atom is -0.493 e. The number of fused-ring (bicyclic) bond motifs is 2. The zero-order valence-corrected chi connectivity index (χ0v) is 15.4. The van der Waals surface area contributed by atoms with E-state index in [2.05, 4.69) is 11.0 Å². The molecule has 0 aliphatic heterocycles. The van der Waals surface area contributed by atoms with E-state index in [1.165, 1.54) is 25.7 Å². The van der Waals surface area contributed by atoms with Gasteiger partial charge in [0.2, 0.25) is 0 Å². The first kappa shape index (κ1) is 16.5. The smallest absolute Gasteiger partial charge is 0.163 e. The van der Waals surface area contributed by atoms with Crippen LogP contribution in [0.15, 0.2) is 29.5 Å². The standard InChI is InChI=1S/C21H27NO3/c1-13-17(7-8-18(13)23)22(2)16-6-9-19(24-3)21(12-16)25-20-11-14-4-5-15(20)10-14/h6,9,12,14-15,20H,4-5,7-8,10-11H2,1-3H3/t14-,15+,20+/m0/s1. The molecule has 4 heteroatoms. The highest BCUT2D eigenvalue weighted by atomic mass is 16.5. The highest BCUT2D eigenvalue weighted by molar-refractivity contribution is 5.98. The topological polar surface area (TPSA) is 38.8 Å². The van der Waals surface area contributed by atoms with Gasteiger partial charge in [-0.2, -0.15) is 0 Å². The van der Waals surface area contributed by atoms with E-state index in [1.807, 2.05) is 26.1 Å². The predicted octanol–water partition coefficient (Wildman–Crippen LogP) is 4.34. The van der Waals surface area contributed by atoms with Gasteiger partial charge in [-0.05, 0) is 63.0 Å². The summed E-state index contributed by atoms with van der Waals surface area (Å²) in [6.07, 6.45) is 6.92. The fourth-order valence-electron chi connectivity index (χ4n) is 4.80. The average molecular weight is 341 g/mol. The molecular weight excluding hydrogens is 314 g/mol. The van der Waals surface area contributed by atoms with E-state index < -0.39 is 0 Å². The number of anilines is 1. The van der Waals surface area contributed by atoms with E-state index in [0.717, 1.165) is 40.8 Å². The number of rotatable bonds is 5. The minimum atomic E-state index is 0.258. The van der Waals surface area contributed by atoms with E-state index >= 15 is 0 Å². The van der Waals surface area contributed by atoms with E-state index in [4.69, 9.17) is 9.47 Å². The summed E-state index contributed by atoms with van der Waals surface area (Å²) in [6, 6.07) is 6.07. The van der Waals surface area contributed by atoms with E-state index in [9.17, 15) is 4.79 Å². The summed E-state index contributed by atoms with van der Waals surface area (Å²) >= 11 is 0. The largest absolute Gasteiger partial charge is 0.493 e. The van der Waals surface area contributed by atoms with E-state index in [0.29, 0.717) is 18.4 Å². The fraction of sp³-hybridized carbons (Fsp3) is 0.571. The second kappa shape index (κ2) is 6.40. The molecule has 25 heavy (non-hydrogen) atoms. The van der Waals surface area contributed by atoms with Crippen LogP contribution in [0.3, 0.4) is 0 Å². The summed E-state index contributed by atoms with van der Waals surface area (Å²) in [5.41, 5.74) is 3.04. The molecule has 0 radical (unpaired) electrons. The molecule has 0 unspecified atom stereocenters. The van der Waals surface area contributed by atoms with Gasteiger partial charge in [0.1, 0.15) is 6.10 Å². The van der Waals surface area contributed by atoms with Crippen molar-refractivity contribution in [2.45, 2.75) is 51.6 Å². The number of ketones is 1. The lowest BCUT2D eigenvalue weighted by atomic mass is 9.98. The maximum absolute atomic E-state index is 11.9. The van der Waals surface area contributed by atoms with Crippen molar-refractivity contribution < 1.29 is 14.3 Å². The molecular formula is C21H27NO3. The fourth-order valence-corrected chi connectivity index (χ4v) is 4.80. The molecule has 0 spiro atoms.